The van der Waals surface area contributed by atoms with E-state index in [9.17, 15) is 0 Å². The molecule has 1 saturated heterocycles. The second kappa shape index (κ2) is 8.71. The van der Waals surface area contributed by atoms with Crippen LogP contribution in [0.5, 0.6) is 0 Å². The quantitative estimate of drug-likeness (QED) is 0.668. The number of hydrogen-bond donors (Lipinski definition) is 1. The number of pyridine rings is 1. The molecular formula is C26H37N5O. The molecule has 0 spiro atoms. The minimum atomic E-state index is 0.0342. The van der Waals surface area contributed by atoms with E-state index in [1.165, 1.54) is 56.3 Å². The third-order valence-corrected chi connectivity index (χ3v) is 7.93. The molecule has 32 heavy (non-hydrogen) atoms. The highest BCUT2D eigenvalue weighted by molar-refractivity contribution is 5.68. The van der Waals surface area contributed by atoms with Crippen molar-refractivity contribution in [3.63, 3.8) is 0 Å². The molecule has 1 aliphatic heterocycles. The van der Waals surface area contributed by atoms with Gasteiger partial charge in [-0.1, -0.05) is 13.0 Å². The number of anilines is 1. The summed E-state index contributed by atoms with van der Waals surface area (Å²) in [5, 5.41) is 12.4. The standard InChI is InChI=1S/C26H37N5O/c1-25(17-31-14-12-26(2,18-31)32-3)10-8-21(9-11-25)29-23-15-20(16-28-30-23)22-5-4-13-27-24(22)19-6-7-19/h4-5,13,15-16,19,21H,6-12,14,17-18H2,1-3H3,(H,29,30). The Kier molecular flexibility index (Phi) is 5.93. The van der Waals surface area contributed by atoms with Gasteiger partial charge in [-0.3, -0.25) is 9.88 Å². The molecule has 1 N–H and O–H groups in total. The van der Waals surface area contributed by atoms with Gasteiger partial charge in [0.2, 0.25) is 0 Å². The molecule has 1 atom stereocenters. The van der Waals surface area contributed by atoms with E-state index in [1.807, 2.05) is 25.6 Å². The van der Waals surface area contributed by atoms with Crippen LogP contribution in [0.2, 0.25) is 0 Å². The number of aromatic nitrogens is 3. The summed E-state index contributed by atoms with van der Waals surface area (Å²) in [6.45, 7) is 8.10. The Morgan fingerprint density at radius 2 is 1.97 bits per heavy atom. The fraction of sp³-hybridized carbons (Fsp3) is 0.654. The fourth-order valence-corrected chi connectivity index (χ4v) is 5.62. The van der Waals surface area contributed by atoms with E-state index >= 15 is 0 Å². The first-order valence-corrected chi connectivity index (χ1v) is 12.3. The van der Waals surface area contributed by atoms with Gasteiger partial charge in [0.25, 0.3) is 0 Å². The third-order valence-electron chi connectivity index (χ3n) is 7.93. The SMILES string of the molecule is COC1(C)CCN(CC2(C)CCC(Nc3cc(-c4cccnc4C4CC4)cnn3)CC2)C1. The zero-order valence-corrected chi connectivity index (χ0v) is 19.8. The lowest BCUT2D eigenvalue weighted by molar-refractivity contribution is 0.00992. The molecule has 6 nitrogen and oxygen atoms in total. The van der Waals surface area contributed by atoms with Crippen LogP contribution in [0.1, 0.15) is 70.4 Å². The van der Waals surface area contributed by atoms with Gasteiger partial charge in [-0.05, 0) is 69.4 Å². The molecule has 2 aromatic rings. The van der Waals surface area contributed by atoms with Crippen LogP contribution in [0.25, 0.3) is 11.1 Å². The second-order valence-corrected chi connectivity index (χ2v) is 10.9. The number of methoxy groups -OCH3 is 1. The Morgan fingerprint density at radius 1 is 1.16 bits per heavy atom. The van der Waals surface area contributed by atoms with E-state index < -0.39 is 0 Å². The Balaban J connectivity index is 1.19. The minimum absolute atomic E-state index is 0.0342. The van der Waals surface area contributed by atoms with Crippen molar-refractivity contribution in [2.75, 3.05) is 32.1 Å². The molecule has 2 aromatic heterocycles. The Morgan fingerprint density at radius 3 is 2.69 bits per heavy atom. The van der Waals surface area contributed by atoms with Crippen LogP contribution in [0.15, 0.2) is 30.6 Å². The van der Waals surface area contributed by atoms with E-state index in [-0.39, 0.29) is 5.60 Å². The van der Waals surface area contributed by atoms with E-state index in [4.69, 9.17) is 4.74 Å². The van der Waals surface area contributed by atoms with Crippen molar-refractivity contribution in [1.82, 2.24) is 20.1 Å². The summed E-state index contributed by atoms with van der Waals surface area (Å²) in [7, 11) is 1.85. The summed E-state index contributed by atoms with van der Waals surface area (Å²) >= 11 is 0. The van der Waals surface area contributed by atoms with Crippen molar-refractivity contribution in [3.8, 4) is 11.1 Å². The molecule has 1 unspecified atom stereocenters. The zero-order chi connectivity index (χ0) is 22.2. The van der Waals surface area contributed by atoms with E-state index in [2.05, 4.69) is 51.4 Å². The fourth-order valence-electron chi connectivity index (χ4n) is 5.62. The zero-order valence-electron chi connectivity index (χ0n) is 19.8. The van der Waals surface area contributed by atoms with Gasteiger partial charge >= 0.3 is 0 Å². The predicted octanol–water partition coefficient (Wildman–Crippen LogP) is 4.89. The van der Waals surface area contributed by atoms with Crippen LogP contribution in [0, 0.1) is 5.41 Å². The van der Waals surface area contributed by atoms with Gasteiger partial charge in [-0.15, -0.1) is 5.10 Å². The molecule has 3 heterocycles. The number of ether oxygens (including phenoxy) is 1. The molecule has 0 amide bonds. The predicted molar refractivity (Wildman–Crippen MR) is 128 cm³/mol. The number of likely N-dealkylation sites (tertiary alicyclic amines) is 1. The summed E-state index contributed by atoms with van der Waals surface area (Å²) in [6, 6.07) is 6.80. The highest BCUT2D eigenvalue weighted by Gasteiger charge is 2.39. The molecule has 0 bridgehead atoms. The van der Waals surface area contributed by atoms with Gasteiger partial charge in [0.05, 0.1) is 17.5 Å². The van der Waals surface area contributed by atoms with Gasteiger partial charge in [0, 0.05) is 56.0 Å². The first-order chi connectivity index (χ1) is 15.5. The van der Waals surface area contributed by atoms with E-state index in [1.54, 1.807) is 0 Å². The molecule has 3 fully saturated rings. The minimum Gasteiger partial charge on any atom is -0.377 e. The average molecular weight is 436 g/mol. The monoisotopic (exact) mass is 435 g/mol. The Labute approximate surface area is 192 Å². The van der Waals surface area contributed by atoms with Crippen LogP contribution in [0.4, 0.5) is 5.82 Å². The number of hydrogen-bond acceptors (Lipinski definition) is 6. The lowest BCUT2D eigenvalue weighted by Crippen LogP contribution is -2.41. The number of nitrogens with one attached hydrogen (secondary N) is 1. The van der Waals surface area contributed by atoms with Gasteiger partial charge in [-0.2, -0.15) is 5.10 Å². The van der Waals surface area contributed by atoms with Crippen molar-refractivity contribution in [2.24, 2.45) is 5.41 Å². The average Bonchev–Trinajstić information content (AvgIpc) is 3.59. The molecule has 2 aliphatic carbocycles. The van der Waals surface area contributed by atoms with Gasteiger partial charge in [0.1, 0.15) is 5.82 Å². The summed E-state index contributed by atoms with van der Waals surface area (Å²) in [5.41, 5.74) is 3.96. The summed E-state index contributed by atoms with van der Waals surface area (Å²) in [6.07, 6.45) is 12.2. The first-order valence-electron chi connectivity index (χ1n) is 12.3. The Bertz CT molecular complexity index is 937. The summed E-state index contributed by atoms with van der Waals surface area (Å²) in [4.78, 5) is 7.26. The van der Waals surface area contributed by atoms with Crippen molar-refractivity contribution >= 4 is 5.82 Å². The molecular weight excluding hydrogens is 398 g/mol. The van der Waals surface area contributed by atoms with Crippen LogP contribution < -0.4 is 5.32 Å². The number of rotatable bonds is 7. The van der Waals surface area contributed by atoms with E-state index in [0.29, 0.717) is 17.4 Å². The topological polar surface area (TPSA) is 63.2 Å². The molecule has 0 aromatic carbocycles. The van der Waals surface area contributed by atoms with Crippen molar-refractivity contribution < 1.29 is 4.74 Å². The highest BCUT2D eigenvalue weighted by Crippen LogP contribution is 2.43. The maximum Gasteiger partial charge on any atom is 0.149 e. The summed E-state index contributed by atoms with van der Waals surface area (Å²) < 4.78 is 5.73. The Hall–Kier alpha value is -2.05. The molecule has 6 heteroatoms. The van der Waals surface area contributed by atoms with Gasteiger partial charge in [-0.25, -0.2) is 0 Å². The highest BCUT2D eigenvalue weighted by atomic mass is 16.5. The summed E-state index contributed by atoms with van der Waals surface area (Å²) in [5.74, 6) is 1.50. The molecule has 0 radical (unpaired) electrons. The maximum absolute atomic E-state index is 5.73. The van der Waals surface area contributed by atoms with Gasteiger partial charge < -0.3 is 10.1 Å². The van der Waals surface area contributed by atoms with Crippen LogP contribution in [-0.4, -0.2) is 58.5 Å². The van der Waals surface area contributed by atoms with Crippen LogP contribution in [-0.2, 0) is 4.74 Å². The van der Waals surface area contributed by atoms with Crippen LogP contribution in [0.3, 0.4) is 0 Å². The van der Waals surface area contributed by atoms with Crippen molar-refractivity contribution in [3.05, 3.63) is 36.3 Å². The first kappa shape index (κ1) is 21.8. The maximum atomic E-state index is 5.73. The van der Waals surface area contributed by atoms with Crippen molar-refractivity contribution in [2.45, 2.75) is 76.4 Å². The number of nitrogens with zero attached hydrogens (tertiary/aromatic N) is 4. The van der Waals surface area contributed by atoms with Crippen LogP contribution >= 0.6 is 0 Å². The smallest absolute Gasteiger partial charge is 0.149 e. The van der Waals surface area contributed by atoms with Gasteiger partial charge in [0.15, 0.2) is 0 Å². The largest absolute Gasteiger partial charge is 0.377 e. The lowest BCUT2D eigenvalue weighted by atomic mass is 9.73. The van der Waals surface area contributed by atoms with Crippen molar-refractivity contribution in [1.29, 1.82) is 0 Å². The molecule has 2 saturated carbocycles. The molecule has 3 aliphatic rings. The lowest BCUT2D eigenvalue weighted by Gasteiger charge is -2.40. The molecule has 172 valence electrons. The second-order valence-electron chi connectivity index (χ2n) is 10.9. The normalized spacial score (nSPS) is 31.0. The third kappa shape index (κ3) is 4.81. The van der Waals surface area contributed by atoms with E-state index in [0.717, 1.165) is 30.9 Å². The molecule has 5 rings (SSSR count).